The van der Waals surface area contributed by atoms with Crippen molar-refractivity contribution in [3.05, 3.63) is 53.7 Å². The molecule has 1 aromatic carbocycles. The molecule has 8 nitrogen and oxygen atoms in total. The van der Waals surface area contributed by atoms with Gasteiger partial charge in [0, 0.05) is 19.3 Å². The minimum atomic E-state index is -0.558. The lowest BCUT2D eigenvalue weighted by Gasteiger charge is -2.28. The standard InChI is InChI=1S/C23H27N3O5/c1-29-18-8-6-17(7-9-18)21(16-4-5-16)25-20(27)15-31-23(28)19-3-2-10-24-22(19)26-11-13-30-14-12-26/h2-3,6-10,16,21H,4-5,11-15H2,1H3,(H,25,27). The van der Waals surface area contributed by atoms with Gasteiger partial charge >= 0.3 is 5.97 Å². The van der Waals surface area contributed by atoms with Gasteiger partial charge in [-0.2, -0.15) is 0 Å². The summed E-state index contributed by atoms with van der Waals surface area (Å²) >= 11 is 0. The number of carbonyl (C=O) groups excluding carboxylic acids is 2. The van der Waals surface area contributed by atoms with Crippen LogP contribution < -0.4 is 15.0 Å². The van der Waals surface area contributed by atoms with Crippen molar-refractivity contribution in [2.75, 3.05) is 44.9 Å². The Morgan fingerprint density at radius 2 is 1.94 bits per heavy atom. The number of aromatic nitrogens is 1. The van der Waals surface area contributed by atoms with Gasteiger partial charge in [0.1, 0.15) is 17.1 Å². The van der Waals surface area contributed by atoms with Crippen molar-refractivity contribution < 1.29 is 23.8 Å². The number of rotatable bonds is 8. The maximum Gasteiger partial charge on any atom is 0.342 e. The van der Waals surface area contributed by atoms with Gasteiger partial charge in [0.15, 0.2) is 6.61 Å². The van der Waals surface area contributed by atoms with Gasteiger partial charge in [-0.1, -0.05) is 12.1 Å². The van der Waals surface area contributed by atoms with E-state index >= 15 is 0 Å². The van der Waals surface area contributed by atoms with Gasteiger partial charge in [-0.15, -0.1) is 0 Å². The molecule has 2 aromatic rings. The number of nitrogens with one attached hydrogen (secondary N) is 1. The predicted molar refractivity (Wildman–Crippen MR) is 114 cm³/mol. The van der Waals surface area contributed by atoms with Crippen LogP contribution in [0, 0.1) is 5.92 Å². The molecule has 1 unspecified atom stereocenters. The first-order chi connectivity index (χ1) is 15.2. The maximum absolute atomic E-state index is 12.7. The van der Waals surface area contributed by atoms with Crippen molar-refractivity contribution >= 4 is 17.7 Å². The normalized spacial score (nSPS) is 17.0. The second-order valence-electron chi connectivity index (χ2n) is 7.71. The summed E-state index contributed by atoms with van der Waals surface area (Å²) in [7, 11) is 1.62. The molecule has 0 radical (unpaired) electrons. The van der Waals surface area contributed by atoms with E-state index in [0.29, 0.717) is 43.6 Å². The number of hydrogen-bond acceptors (Lipinski definition) is 7. The second-order valence-corrected chi connectivity index (χ2v) is 7.71. The number of amides is 1. The SMILES string of the molecule is COc1ccc(C(NC(=O)COC(=O)c2cccnc2N2CCOCC2)C2CC2)cc1. The highest BCUT2D eigenvalue weighted by Gasteiger charge is 2.33. The monoisotopic (exact) mass is 425 g/mol. The van der Waals surface area contributed by atoms with Crippen LogP contribution in [0.5, 0.6) is 5.75 Å². The smallest absolute Gasteiger partial charge is 0.342 e. The van der Waals surface area contributed by atoms with E-state index in [0.717, 1.165) is 24.2 Å². The molecule has 1 saturated heterocycles. The van der Waals surface area contributed by atoms with Crippen LogP contribution in [0.3, 0.4) is 0 Å². The van der Waals surface area contributed by atoms with Gasteiger partial charge in [-0.3, -0.25) is 4.79 Å². The van der Waals surface area contributed by atoms with Gasteiger partial charge in [0.05, 0.1) is 26.4 Å². The molecule has 1 aromatic heterocycles. The maximum atomic E-state index is 12.7. The number of carbonyl (C=O) groups is 2. The van der Waals surface area contributed by atoms with Gasteiger partial charge < -0.3 is 24.4 Å². The van der Waals surface area contributed by atoms with Gasteiger partial charge in [-0.25, -0.2) is 9.78 Å². The Morgan fingerprint density at radius 1 is 1.19 bits per heavy atom. The van der Waals surface area contributed by atoms with Gasteiger partial charge in [-0.05, 0) is 48.6 Å². The van der Waals surface area contributed by atoms with Crippen molar-refractivity contribution in [1.82, 2.24) is 10.3 Å². The molecule has 1 N–H and O–H groups in total. The molecule has 164 valence electrons. The fourth-order valence-electron chi connectivity index (χ4n) is 3.72. The topological polar surface area (TPSA) is 90.0 Å². The van der Waals surface area contributed by atoms with E-state index in [1.807, 2.05) is 29.2 Å². The highest BCUT2D eigenvalue weighted by Crippen LogP contribution is 2.41. The van der Waals surface area contributed by atoms with Crippen LogP contribution in [0.1, 0.15) is 34.8 Å². The third-order valence-electron chi connectivity index (χ3n) is 5.54. The molecule has 0 spiro atoms. The largest absolute Gasteiger partial charge is 0.497 e. The average Bonchev–Trinajstić information content (AvgIpc) is 3.67. The Kier molecular flexibility index (Phi) is 6.66. The van der Waals surface area contributed by atoms with E-state index in [1.165, 1.54) is 0 Å². The Labute approximate surface area is 181 Å². The van der Waals surface area contributed by atoms with E-state index in [1.54, 1.807) is 25.4 Å². The van der Waals surface area contributed by atoms with Crippen LogP contribution in [0.4, 0.5) is 5.82 Å². The van der Waals surface area contributed by atoms with E-state index < -0.39 is 5.97 Å². The summed E-state index contributed by atoms with van der Waals surface area (Å²) in [5, 5.41) is 3.02. The number of morpholine rings is 1. The number of anilines is 1. The third-order valence-corrected chi connectivity index (χ3v) is 5.54. The minimum Gasteiger partial charge on any atom is -0.497 e. The molecule has 8 heteroatoms. The molecule has 4 rings (SSSR count). The lowest BCUT2D eigenvalue weighted by atomic mass is 10.0. The molecule has 2 aliphatic rings. The summed E-state index contributed by atoms with van der Waals surface area (Å²) in [5.74, 6) is 0.853. The van der Waals surface area contributed by atoms with Crippen LogP contribution in [-0.2, 0) is 14.3 Å². The molecular weight excluding hydrogens is 398 g/mol. The van der Waals surface area contributed by atoms with Crippen molar-refractivity contribution in [2.24, 2.45) is 5.92 Å². The number of methoxy groups -OCH3 is 1. The van der Waals surface area contributed by atoms with Crippen molar-refractivity contribution in [2.45, 2.75) is 18.9 Å². The highest BCUT2D eigenvalue weighted by molar-refractivity contribution is 5.96. The first-order valence-electron chi connectivity index (χ1n) is 10.5. The second kappa shape index (κ2) is 9.78. The first-order valence-corrected chi connectivity index (χ1v) is 10.5. The first kappa shape index (κ1) is 21.1. The zero-order chi connectivity index (χ0) is 21.6. The fraction of sp³-hybridized carbons (Fsp3) is 0.435. The zero-order valence-corrected chi connectivity index (χ0v) is 17.6. The summed E-state index contributed by atoms with van der Waals surface area (Å²) in [6, 6.07) is 10.9. The average molecular weight is 425 g/mol. The number of pyridine rings is 1. The quantitative estimate of drug-likeness (QED) is 0.650. The number of benzene rings is 1. The van der Waals surface area contributed by atoms with Crippen molar-refractivity contribution in [3.8, 4) is 5.75 Å². The van der Waals surface area contributed by atoms with Crippen LogP contribution in [0.15, 0.2) is 42.6 Å². The molecular formula is C23H27N3O5. The Balaban J connectivity index is 1.36. The minimum absolute atomic E-state index is 0.0978. The Morgan fingerprint density at radius 3 is 2.61 bits per heavy atom. The molecule has 2 heterocycles. The van der Waals surface area contributed by atoms with E-state index in [4.69, 9.17) is 14.2 Å². The van der Waals surface area contributed by atoms with Crippen molar-refractivity contribution in [1.29, 1.82) is 0 Å². The number of ether oxygens (including phenoxy) is 3. The number of esters is 1. The van der Waals surface area contributed by atoms with E-state index in [-0.39, 0.29) is 18.6 Å². The summed E-state index contributed by atoms with van der Waals surface area (Å²) in [5.41, 5.74) is 1.37. The molecule has 1 aliphatic heterocycles. The molecule has 1 amide bonds. The van der Waals surface area contributed by atoms with Crippen LogP contribution in [-0.4, -0.2) is 56.9 Å². The Bertz CT molecular complexity index is 908. The summed E-state index contributed by atoms with van der Waals surface area (Å²) in [6.07, 6.45) is 3.77. The lowest BCUT2D eigenvalue weighted by Crippen LogP contribution is -2.38. The van der Waals surface area contributed by atoms with Gasteiger partial charge in [0.2, 0.25) is 0 Å². The molecule has 0 bridgehead atoms. The summed E-state index contributed by atoms with van der Waals surface area (Å²) in [4.78, 5) is 31.6. The lowest BCUT2D eigenvalue weighted by molar-refractivity contribution is -0.125. The van der Waals surface area contributed by atoms with E-state index in [9.17, 15) is 9.59 Å². The number of nitrogens with zero attached hydrogens (tertiary/aromatic N) is 2. The summed E-state index contributed by atoms with van der Waals surface area (Å²) < 4.78 is 15.9. The molecule has 1 aliphatic carbocycles. The highest BCUT2D eigenvalue weighted by atomic mass is 16.5. The number of hydrogen-bond donors (Lipinski definition) is 1. The molecule has 1 saturated carbocycles. The van der Waals surface area contributed by atoms with E-state index in [2.05, 4.69) is 10.3 Å². The molecule has 2 fully saturated rings. The van der Waals surface area contributed by atoms with Crippen LogP contribution in [0.25, 0.3) is 0 Å². The molecule has 31 heavy (non-hydrogen) atoms. The van der Waals surface area contributed by atoms with Crippen LogP contribution >= 0.6 is 0 Å². The Hall–Kier alpha value is -3.13. The van der Waals surface area contributed by atoms with Crippen LogP contribution in [0.2, 0.25) is 0 Å². The summed E-state index contributed by atoms with van der Waals surface area (Å²) in [6.45, 7) is 2.14. The predicted octanol–water partition coefficient (Wildman–Crippen LogP) is 2.35. The molecule has 1 atom stereocenters. The third kappa shape index (κ3) is 5.32. The zero-order valence-electron chi connectivity index (χ0n) is 17.6. The fourth-order valence-corrected chi connectivity index (χ4v) is 3.72. The van der Waals surface area contributed by atoms with Gasteiger partial charge in [0.25, 0.3) is 5.91 Å². The van der Waals surface area contributed by atoms with Crippen molar-refractivity contribution in [3.63, 3.8) is 0 Å².